The Balaban J connectivity index is 0. The first-order chi connectivity index (χ1) is 11.2. The molecule has 0 aromatic carbocycles. The zero-order valence-corrected chi connectivity index (χ0v) is 17.9. The van der Waals surface area contributed by atoms with Crippen molar-refractivity contribution < 1.29 is 44.6 Å². The van der Waals surface area contributed by atoms with Gasteiger partial charge in [0, 0.05) is 0 Å². The van der Waals surface area contributed by atoms with E-state index in [0.717, 1.165) is 18.9 Å². The van der Waals surface area contributed by atoms with Gasteiger partial charge in [0.05, 0.1) is 0 Å². The fourth-order valence-corrected chi connectivity index (χ4v) is 2.60. The van der Waals surface area contributed by atoms with E-state index in [0.29, 0.717) is 0 Å². The number of aliphatic hydroxyl groups excluding tert-OH is 1. The fraction of sp³-hybridized carbons (Fsp3) is 0.750. The van der Waals surface area contributed by atoms with E-state index >= 15 is 0 Å². The SMILES string of the molecule is CCCCCCCCCCCCCCCC=CC=C(O)C(=O)[O-].[Na+]. The summed E-state index contributed by atoms with van der Waals surface area (Å²) in [6.07, 6.45) is 23.0. The molecule has 0 saturated heterocycles. The molecule has 0 spiro atoms. The summed E-state index contributed by atoms with van der Waals surface area (Å²) >= 11 is 0. The quantitative estimate of drug-likeness (QED) is 0.153. The van der Waals surface area contributed by atoms with E-state index in [-0.39, 0.29) is 29.6 Å². The minimum Gasteiger partial charge on any atom is -0.542 e. The first kappa shape index (κ1) is 26.0. The Morgan fingerprint density at radius 3 is 1.67 bits per heavy atom. The topological polar surface area (TPSA) is 60.4 Å². The summed E-state index contributed by atoms with van der Waals surface area (Å²) in [6.45, 7) is 2.26. The van der Waals surface area contributed by atoms with Crippen LogP contribution in [-0.4, -0.2) is 11.1 Å². The number of carboxylic acids is 1. The zero-order valence-electron chi connectivity index (χ0n) is 15.9. The van der Waals surface area contributed by atoms with Crippen LogP contribution < -0.4 is 34.7 Å². The van der Waals surface area contributed by atoms with Gasteiger partial charge in [-0.1, -0.05) is 96.1 Å². The third-order valence-electron chi connectivity index (χ3n) is 4.07. The molecule has 0 saturated carbocycles. The zero-order chi connectivity index (χ0) is 17.2. The van der Waals surface area contributed by atoms with E-state index in [9.17, 15) is 9.90 Å². The maximum Gasteiger partial charge on any atom is 1.00 e. The summed E-state index contributed by atoms with van der Waals surface area (Å²) in [5.41, 5.74) is 0. The average molecular weight is 346 g/mol. The van der Waals surface area contributed by atoms with E-state index in [2.05, 4.69) is 6.92 Å². The number of carboxylic acid groups (broad SMARTS) is 1. The second-order valence-corrected chi connectivity index (χ2v) is 6.30. The van der Waals surface area contributed by atoms with E-state index in [1.807, 2.05) is 6.08 Å². The van der Waals surface area contributed by atoms with Gasteiger partial charge in [-0.25, -0.2) is 0 Å². The van der Waals surface area contributed by atoms with Gasteiger partial charge in [0.2, 0.25) is 0 Å². The Morgan fingerprint density at radius 1 is 0.833 bits per heavy atom. The molecule has 0 heterocycles. The molecule has 134 valence electrons. The van der Waals surface area contributed by atoms with Gasteiger partial charge in [-0.3, -0.25) is 0 Å². The van der Waals surface area contributed by atoms with Crippen LogP contribution in [0.1, 0.15) is 96.8 Å². The maximum atomic E-state index is 10.2. The molecular weight excluding hydrogens is 311 g/mol. The van der Waals surface area contributed by atoms with Gasteiger partial charge in [-0.15, -0.1) is 0 Å². The molecule has 4 heteroatoms. The number of allylic oxidation sites excluding steroid dienone is 3. The van der Waals surface area contributed by atoms with Crippen molar-refractivity contribution in [3.63, 3.8) is 0 Å². The van der Waals surface area contributed by atoms with Crippen LogP contribution in [0.3, 0.4) is 0 Å². The molecule has 0 aliphatic carbocycles. The summed E-state index contributed by atoms with van der Waals surface area (Å²) in [5.74, 6) is -2.25. The number of hydrogen-bond acceptors (Lipinski definition) is 3. The largest absolute Gasteiger partial charge is 1.00 e. The molecule has 0 aliphatic rings. The van der Waals surface area contributed by atoms with Crippen molar-refractivity contribution in [1.82, 2.24) is 0 Å². The van der Waals surface area contributed by atoms with Crippen molar-refractivity contribution in [3.8, 4) is 0 Å². The third-order valence-corrected chi connectivity index (χ3v) is 4.07. The van der Waals surface area contributed by atoms with Crippen molar-refractivity contribution in [2.24, 2.45) is 0 Å². The predicted molar refractivity (Wildman–Crippen MR) is 95.2 cm³/mol. The number of carbonyl (C=O) groups excluding carboxylic acids is 1. The Morgan fingerprint density at radius 2 is 1.25 bits per heavy atom. The van der Waals surface area contributed by atoms with Gasteiger partial charge in [-0.05, 0) is 18.9 Å². The van der Waals surface area contributed by atoms with Crippen LogP contribution in [0, 0.1) is 0 Å². The van der Waals surface area contributed by atoms with Crippen LogP contribution >= 0.6 is 0 Å². The number of aliphatic carboxylic acids is 1. The molecule has 0 aromatic rings. The number of aliphatic hydroxyl groups is 1. The fourth-order valence-electron chi connectivity index (χ4n) is 2.60. The number of unbranched alkanes of at least 4 members (excludes halogenated alkanes) is 13. The summed E-state index contributed by atoms with van der Waals surface area (Å²) in [6, 6.07) is 0. The molecule has 24 heavy (non-hydrogen) atoms. The average Bonchev–Trinajstić information content (AvgIpc) is 2.54. The molecule has 0 aromatic heterocycles. The van der Waals surface area contributed by atoms with Crippen molar-refractivity contribution in [2.75, 3.05) is 0 Å². The molecular formula is C20H35NaO3. The number of rotatable bonds is 16. The van der Waals surface area contributed by atoms with Gasteiger partial charge < -0.3 is 15.0 Å². The van der Waals surface area contributed by atoms with E-state index < -0.39 is 11.7 Å². The minimum atomic E-state index is -1.53. The van der Waals surface area contributed by atoms with Gasteiger partial charge in [0.25, 0.3) is 0 Å². The van der Waals surface area contributed by atoms with Crippen LogP contribution in [-0.2, 0) is 4.79 Å². The Labute approximate surface area is 170 Å². The third kappa shape index (κ3) is 19.8. The molecule has 0 radical (unpaired) electrons. The van der Waals surface area contributed by atoms with Crippen LogP contribution in [0.15, 0.2) is 24.0 Å². The van der Waals surface area contributed by atoms with E-state index in [1.54, 1.807) is 6.08 Å². The number of carbonyl (C=O) groups is 1. The van der Waals surface area contributed by atoms with Crippen LogP contribution in [0.5, 0.6) is 0 Å². The normalized spacial score (nSPS) is 11.6. The molecule has 0 fully saturated rings. The second kappa shape index (κ2) is 20.8. The van der Waals surface area contributed by atoms with E-state index in [4.69, 9.17) is 5.11 Å². The first-order valence-corrected chi connectivity index (χ1v) is 9.45. The smallest absolute Gasteiger partial charge is 0.542 e. The summed E-state index contributed by atoms with van der Waals surface area (Å²) in [5, 5.41) is 19.1. The van der Waals surface area contributed by atoms with Crippen LogP contribution in [0.2, 0.25) is 0 Å². The Bertz CT molecular complexity index is 338. The van der Waals surface area contributed by atoms with E-state index in [1.165, 1.54) is 77.0 Å². The van der Waals surface area contributed by atoms with Gasteiger partial charge in [0.1, 0.15) is 11.7 Å². The standard InChI is InChI=1S/C20H36O3.Na/c1-2-3-4-5-6-7-8-9-10-11-12-13-14-15-16-17-18-19(21)20(22)23;/h16-18,21H,2-15H2,1H3,(H,22,23);/q;+1/p-1. The van der Waals surface area contributed by atoms with Gasteiger partial charge in [0.15, 0.2) is 0 Å². The van der Waals surface area contributed by atoms with Gasteiger partial charge >= 0.3 is 29.6 Å². The van der Waals surface area contributed by atoms with Crippen molar-refractivity contribution in [2.45, 2.75) is 96.8 Å². The molecule has 0 amide bonds. The monoisotopic (exact) mass is 346 g/mol. The Hall–Kier alpha value is -0.250. The summed E-state index contributed by atoms with van der Waals surface area (Å²) < 4.78 is 0. The summed E-state index contributed by atoms with van der Waals surface area (Å²) in [7, 11) is 0. The van der Waals surface area contributed by atoms with Crippen molar-refractivity contribution in [3.05, 3.63) is 24.0 Å². The second-order valence-electron chi connectivity index (χ2n) is 6.30. The molecule has 0 unspecified atom stereocenters. The van der Waals surface area contributed by atoms with Gasteiger partial charge in [-0.2, -0.15) is 0 Å². The maximum absolute atomic E-state index is 10.2. The molecule has 0 atom stereocenters. The molecule has 3 nitrogen and oxygen atoms in total. The number of hydrogen-bond donors (Lipinski definition) is 1. The molecule has 0 rings (SSSR count). The van der Waals surface area contributed by atoms with Crippen molar-refractivity contribution >= 4 is 5.97 Å². The van der Waals surface area contributed by atoms with Crippen molar-refractivity contribution in [1.29, 1.82) is 0 Å². The minimum absolute atomic E-state index is 0. The van der Waals surface area contributed by atoms with Crippen LogP contribution in [0.4, 0.5) is 0 Å². The molecule has 0 bridgehead atoms. The molecule has 0 aliphatic heterocycles. The van der Waals surface area contributed by atoms with Crippen LogP contribution in [0.25, 0.3) is 0 Å². The Kier molecular flexibility index (Phi) is 22.5. The first-order valence-electron chi connectivity index (χ1n) is 9.45. The summed E-state index contributed by atoms with van der Waals surface area (Å²) in [4.78, 5) is 10.2. The molecule has 1 N–H and O–H groups in total. The predicted octanol–water partition coefficient (Wildman–Crippen LogP) is 2.22.